The van der Waals surface area contributed by atoms with Crippen molar-refractivity contribution >= 4 is 23.7 Å². The molecule has 1 aromatic heterocycles. The lowest BCUT2D eigenvalue weighted by molar-refractivity contribution is 0.0524. The molecule has 2 aliphatic rings. The van der Waals surface area contributed by atoms with E-state index >= 15 is 0 Å². The van der Waals surface area contributed by atoms with Gasteiger partial charge in [-0.15, -0.1) is 22.6 Å². The third kappa shape index (κ3) is 4.86. The Morgan fingerprint density at radius 2 is 2.13 bits per heavy atom. The third-order valence-corrected chi connectivity index (χ3v) is 6.01. The number of halogens is 1. The van der Waals surface area contributed by atoms with E-state index in [1.165, 1.54) is 19.3 Å². The predicted molar refractivity (Wildman–Crippen MR) is 96.4 cm³/mol. The van der Waals surface area contributed by atoms with Gasteiger partial charge in [0, 0.05) is 30.6 Å². The first-order valence-corrected chi connectivity index (χ1v) is 9.23. The van der Waals surface area contributed by atoms with Gasteiger partial charge in [-0.05, 0) is 18.8 Å². The van der Waals surface area contributed by atoms with E-state index in [-0.39, 0.29) is 17.8 Å². The van der Waals surface area contributed by atoms with E-state index in [1.807, 2.05) is 0 Å². The molecule has 3 rings (SSSR count). The number of hydrogen-bond donors (Lipinski definition) is 2. The van der Waals surface area contributed by atoms with Crippen LogP contribution in [0.5, 0.6) is 0 Å². The molecule has 2 N–H and O–H groups in total. The molecular weight excluding hydrogens is 332 g/mol. The van der Waals surface area contributed by atoms with Crippen LogP contribution in [0.4, 0.5) is 0 Å². The maximum absolute atomic E-state index is 5.64. The Morgan fingerprint density at radius 1 is 1.30 bits per heavy atom. The van der Waals surface area contributed by atoms with E-state index in [4.69, 9.17) is 4.74 Å². The maximum atomic E-state index is 5.64. The van der Waals surface area contributed by atoms with E-state index in [2.05, 4.69) is 41.6 Å². The molecule has 23 heavy (non-hydrogen) atoms. The lowest BCUT2D eigenvalue weighted by Crippen LogP contribution is -2.50. The Balaban J connectivity index is 0.00000192. The van der Waals surface area contributed by atoms with E-state index in [0.29, 0.717) is 18.0 Å². The minimum Gasteiger partial charge on any atom is -0.379 e. The third-order valence-electron chi connectivity index (χ3n) is 4.66. The SMILES string of the molecule is CC(C)(C)c1nnc(CNC2CCCC2C2COCCN2)s1.Cl. The molecule has 0 bridgehead atoms. The van der Waals surface area contributed by atoms with Crippen LogP contribution in [0.25, 0.3) is 0 Å². The molecule has 3 unspecified atom stereocenters. The second-order valence-electron chi connectivity index (χ2n) is 7.47. The first kappa shape index (κ1) is 19.1. The largest absolute Gasteiger partial charge is 0.379 e. The molecule has 0 aromatic carbocycles. The molecule has 1 saturated heterocycles. The van der Waals surface area contributed by atoms with E-state index < -0.39 is 0 Å². The predicted octanol–water partition coefficient (Wildman–Crippen LogP) is 2.50. The summed E-state index contributed by atoms with van der Waals surface area (Å²) in [4.78, 5) is 0. The van der Waals surface area contributed by atoms with Crippen molar-refractivity contribution in [3.8, 4) is 0 Å². The van der Waals surface area contributed by atoms with Gasteiger partial charge in [-0.2, -0.15) is 0 Å². The van der Waals surface area contributed by atoms with Crippen LogP contribution in [0.3, 0.4) is 0 Å². The van der Waals surface area contributed by atoms with Gasteiger partial charge < -0.3 is 15.4 Å². The molecule has 132 valence electrons. The zero-order valence-electron chi connectivity index (χ0n) is 14.3. The molecule has 1 aliphatic carbocycles. The molecule has 1 aliphatic heterocycles. The van der Waals surface area contributed by atoms with E-state index in [1.54, 1.807) is 11.3 Å². The molecule has 0 spiro atoms. The molecule has 3 atom stereocenters. The molecule has 2 heterocycles. The standard InChI is InChI=1S/C16H28N4OS.ClH/c1-16(2,3)15-20-19-14(22-15)9-18-12-6-4-5-11(12)13-10-21-8-7-17-13;/h11-13,17-18H,4-10H2,1-3H3;1H. The number of nitrogens with zero attached hydrogens (tertiary/aromatic N) is 2. The number of hydrogen-bond acceptors (Lipinski definition) is 6. The first-order valence-electron chi connectivity index (χ1n) is 8.41. The second kappa shape index (κ2) is 8.21. The van der Waals surface area contributed by atoms with Crippen molar-refractivity contribution in [2.75, 3.05) is 19.8 Å². The van der Waals surface area contributed by atoms with Crippen molar-refractivity contribution in [2.45, 2.75) is 64.1 Å². The van der Waals surface area contributed by atoms with Crippen LogP contribution in [0.1, 0.15) is 50.0 Å². The van der Waals surface area contributed by atoms with Crippen molar-refractivity contribution in [3.63, 3.8) is 0 Å². The summed E-state index contributed by atoms with van der Waals surface area (Å²) in [5.74, 6) is 0.676. The monoisotopic (exact) mass is 360 g/mol. The van der Waals surface area contributed by atoms with Gasteiger partial charge in [0.05, 0.1) is 13.2 Å². The molecule has 5 nitrogen and oxygen atoms in total. The number of ether oxygens (including phenoxy) is 1. The van der Waals surface area contributed by atoms with Gasteiger partial charge >= 0.3 is 0 Å². The Hall–Kier alpha value is -0.270. The summed E-state index contributed by atoms with van der Waals surface area (Å²) in [5.41, 5.74) is 0.0924. The van der Waals surface area contributed by atoms with E-state index in [0.717, 1.165) is 36.3 Å². The Bertz CT molecular complexity index is 485. The van der Waals surface area contributed by atoms with Gasteiger partial charge in [-0.3, -0.25) is 0 Å². The number of morpholine rings is 1. The molecular formula is C16H29ClN4OS. The summed E-state index contributed by atoms with van der Waals surface area (Å²) in [7, 11) is 0. The van der Waals surface area contributed by atoms with Gasteiger partial charge in [-0.1, -0.05) is 38.5 Å². The van der Waals surface area contributed by atoms with Crippen molar-refractivity contribution < 1.29 is 4.74 Å². The number of nitrogens with one attached hydrogen (secondary N) is 2. The molecule has 1 aromatic rings. The summed E-state index contributed by atoms with van der Waals surface area (Å²) in [6.45, 7) is 10.1. The fourth-order valence-electron chi connectivity index (χ4n) is 3.43. The Kier molecular flexibility index (Phi) is 6.80. The first-order chi connectivity index (χ1) is 10.5. The normalized spacial score (nSPS) is 28.6. The highest BCUT2D eigenvalue weighted by atomic mass is 35.5. The van der Waals surface area contributed by atoms with Gasteiger partial charge in [0.15, 0.2) is 0 Å². The lowest BCUT2D eigenvalue weighted by atomic mass is 9.94. The van der Waals surface area contributed by atoms with Crippen LogP contribution in [-0.2, 0) is 16.7 Å². The Morgan fingerprint density at radius 3 is 2.78 bits per heavy atom. The average Bonchev–Trinajstić information content (AvgIpc) is 3.14. The summed E-state index contributed by atoms with van der Waals surface area (Å²) < 4.78 is 5.64. The number of rotatable bonds is 4. The Labute approximate surface area is 149 Å². The summed E-state index contributed by atoms with van der Waals surface area (Å²) in [5, 5.41) is 18.3. The fraction of sp³-hybridized carbons (Fsp3) is 0.875. The van der Waals surface area contributed by atoms with Gasteiger partial charge in [-0.25, -0.2) is 0 Å². The van der Waals surface area contributed by atoms with Crippen LogP contribution < -0.4 is 10.6 Å². The van der Waals surface area contributed by atoms with Gasteiger partial charge in [0.2, 0.25) is 0 Å². The molecule has 0 amide bonds. The zero-order chi connectivity index (χ0) is 15.6. The summed E-state index contributed by atoms with van der Waals surface area (Å²) in [6.07, 6.45) is 3.86. The number of aromatic nitrogens is 2. The molecule has 0 radical (unpaired) electrons. The zero-order valence-corrected chi connectivity index (χ0v) is 15.9. The average molecular weight is 361 g/mol. The van der Waals surface area contributed by atoms with Crippen LogP contribution in [-0.4, -0.2) is 42.0 Å². The highest BCUT2D eigenvalue weighted by Crippen LogP contribution is 2.30. The topological polar surface area (TPSA) is 59.1 Å². The second-order valence-corrected chi connectivity index (χ2v) is 8.53. The van der Waals surface area contributed by atoms with Gasteiger partial charge in [0.1, 0.15) is 10.0 Å². The minimum absolute atomic E-state index is 0. The van der Waals surface area contributed by atoms with Crippen LogP contribution in [0.15, 0.2) is 0 Å². The smallest absolute Gasteiger partial charge is 0.131 e. The maximum Gasteiger partial charge on any atom is 0.131 e. The summed E-state index contributed by atoms with van der Waals surface area (Å²) in [6, 6.07) is 1.08. The van der Waals surface area contributed by atoms with Crippen LogP contribution >= 0.6 is 23.7 Å². The molecule has 7 heteroatoms. The van der Waals surface area contributed by atoms with Gasteiger partial charge in [0.25, 0.3) is 0 Å². The molecule has 2 fully saturated rings. The lowest BCUT2D eigenvalue weighted by Gasteiger charge is -2.32. The van der Waals surface area contributed by atoms with Crippen LogP contribution in [0.2, 0.25) is 0 Å². The van der Waals surface area contributed by atoms with Crippen LogP contribution in [0, 0.1) is 5.92 Å². The van der Waals surface area contributed by atoms with Crippen molar-refractivity contribution in [1.82, 2.24) is 20.8 Å². The van der Waals surface area contributed by atoms with Crippen molar-refractivity contribution in [1.29, 1.82) is 0 Å². The fourth-order valence-corrected chi connectivity index (χ4v) is 4.28. The van der Waals surface area contributed by atoms with Crippen molar-refractivity contribution in [3.05, 3.63) is 10.0 Å². The minimum atomic E-state index is 0. The quantitative estimate of drug-likeness (QED) is 0.863. The highest BCUT2D eigenvalue weighted by Gasteiger charge is 2.34. The van der Waals surface area contributed by atoms with Crippen molar-refractivity contribution in [2.24, 2.45) is 5.92 Å². The summed E-state index contributed by atoms with van der Waals surface area (Å²) >= 11 is 1.73. The highest BCUT2D eigenvalue weighted by molar-refractivity contribution is 7.11. The van der Waals surface area contributed by atoms with E-state index in [9.17, 15) is 0 Å². The molecule has 1 saturated carbocycles.